The molecule has 4 heteroatoms. The van der Waals surface area contributed by atoms with Crippen LogP contribution in [0.5, 0.6) is 0 Å². The maximum Gasteiger partial charge on any atom is 0.328 e. The van der Waals surface area contributed by atoms with Crippen LogP contribution < -0.4 is 4.90 Å². The summed E-state index contributed by atoms with van der Waals surface area (Å²) in [6, 6.07) is 15.2. The first-order valence-corrected chi connectivity index (χ1v) is 6.45. The highest BCUT2D eigenvalue weighted by atomic mass is 35.5. The molecule has 0 unspecified atom stereocenters. The van der Waals surface area contributed by atoms with Crippen molar-refractivity contribution < 1.29 is 9.90 Å². The smallest absolute Gasteiger partial charge is 0.328 e. The first-order chi connectivity index (χ1) is 9.58. The summed E-state index contributed by atoms with van der Waals surface area (Å²) in [6.07, 6.45) is 2.65. The van der Waals surface area contributed by atoms with E-state index in [2.05, 4.69) is 0 Å². The number of carboxylic acids is 1. The molecule has 0 spiro atoms. The molecule has 2 aromatic carbocycles. The van der Waals surface area contributed by atoms with Crippen LogP contribution >= 0.6 is 11.6 Å². The topological polar surface area (TPSA) is 40.5 Å². The van der Waals surface area contributed by atoms with E-state index in [9.17, 15) is 4.79 Å². The highest BCUT2D eigenvalue weighted by molar-refractivity contribution is 6.30. The molecule has 0 heterocycles. The lowest BCUT2D eigenvalue weighted by atomic mass is 10.1. The SMILES string of the molecule is CN(c1ccccc1)c1ccc(Cl)cc1/C=C/C(=O)O. The quantitative estimate of drug-likeness (QED) is 0.857. The van der Waals surface area contributed by atoms with E-state index in [1.807, 2.05) is 48.3 Å². The van der Waals surface area contributed by atoms with Gasteiger partial charge in [0.1, 0.15) is 0 Å². The van der Waals surface area contributed by atoms with Crippen LogP contribution in [0.3, 0.4) is 0 Å². The van der Waals surface area contributed by atoms with Gasteiger partial charge in [-0.25, -0.2) is 4.79 Å². The summed E-state index contributed by atoms with van der Waals surface area (Å²) in [6.45, 7) is 0. The highest BCUT2D eigenvalue weighted by Crippen LogP contribution is 2.29. The van der Waals surface area contributed by atoms with Crippen LogP contribution in [0.1, 0.15) is 5.56 Å². The van der Waals surface area contributed by atoms with Gasteiger partial charge in [-0.3, -0.25) is 0 Å². The summed E-state index contributed by atoms with van der Waals surface area (Å²) in [5.41, 5.74) is 2.66. The number of halogens is 1. The van der Waals surface area contributed by atoms with Crippen LogP contribution in [-0.2, 0) is 4.79 Å². The van der Waals surface area contributed by atoms with Gasteiger partial charge in [-0.1, -0.05) is 29.8 Å². The number of hydrogen-bond acceptors (Lipinski definition) is 2. The number of carboxylic acid groups (broad SMARTS) is 1. The minimum Gasteiger partial charge on any atom is -0.478 e. The van der Waals surface area contributed by atoms with Gasteiger partial charge in [0, 0.05) is 29.5 Å². The van der Waals surface area contributed by atoms with Gasteiger partial charge in [-0.05, 0) is 42.0 Å². The van der Waals surface area contributed by atoms with E-state index in [0.29, 0.717) is 5.02 Å². The van der Waals surface area contributed by atoms with Crippen molar-refractivity contribution in [3.8, 4) is 0 Å². The molecule has 102 valence electrons. The summed E-state index contributed by atoms with van der Waals surface area (Å²) >= 11 is 5.98. The van der Waals surface area contributed by atoms with Gasteiger partial charge in [0.15, 0.2) is 0 Å². The van der Waals surface area contributed by atoms with E-state index in [0.717, 1.165) is 23.0 Å². The Morgan fingerprint density at radius 3 is 2.55 bits per heavy atom. The molecule has 2 rings (SSSR count). The van der Waals surface area contributed by atoms with Crippen molar-refractivity contribution in [1.29, 1.82) is 0 Å². The molecule has 0 saturated heterocycles. The lowest BCUT2D eigenvalue weighted by Crippen LogP contribution is -2.10. The molecule has 3 nitrogen and oxygen atoms in total. The Kier molecular flexibility index (Phi) is 4.43. The van der Waals surface area contributed by atoms with Gasteiger partial charge >= 0.3 is 5.97 Å². The molecule has 0 saturated carbocycles. The molecular weight excluding hydrogens is 274 g/mol. The second-order valence-electron chi connectivity index (χ2n) is 4.27. The van der Waals surface area contributed by atoms with Crippen molar-refractivity contribution in [3.05, 3.63) is 65.2 Å². The number of benzene rings is 2. The van der Waals surface area contributed by atoms with Crippen LogP contribution in [0.15, 0.2) is 54.6 Å². The molecule has 0 fully saturated rings. The third kappa shape index (κ3) is 3.39. The number of para-hydroxylation sites is 1. The van der Waals surface area contributed by atoms with Crippen LogP contribution in [0.2, 0.25) is 5.02 Å². The molecule has 1 N–H and O–H groups in total. The number of rotatable bonds is 4. The van der Waals surface area contributed by atoms with Gasteiger partial charge < -0.3 is 10.0 Å². The Labute approximate surface area is 122 Å². The van der Waals surface area contributed by atoms with E-state index >= 15 is 0 Å². The van der Waals surface area contributed by atoms with Crippen LogP contribution in [-0.4, -0.2) is 18.1 Å². The largest absolute Gasteiger partial charge is 0.478 e. The first kappa shape index (κ1) is 14.2. The number of aliphatic carboxylic acids is 1. The minimum atomic E-state index is -0.988. The van der Waals surface area contributed by atoms with Crippen molar-refractivity contribution in [2.24, 2.45) is 0 Å². The Hall–Kier alpha value is -2.26. The summed E-state index contributed by atoms with van der Waals surface area (Å²) in [4.78, 5) is 12.7. The number of nitrogens with zero attached hydrogens (tertiary/aromatic N) is 1. The second kappa shape index (κ2) is 6.26. The maximum atomic E-state index is 10.7. The van der Waals surface area contributed by atoms with Gasteiger partial charge in [0.25, 0.3) is 0 Å². The van der Waals surface area contributed by atoms with Gasteiger partial charge in [0.2, 0.25) is 0 Å². The summed E-state index contributed by atoms with van der Waals surface area (Å²) in [7, 11) is 1.93. The molecule has 0 aromatic heterocycles. The highest BCUT2D eigenvalue weighted by Gasteiger charge is 2.08. The molecule has 20 heavy (non-hydrogen) atoms. The zero-order valence-electron chi connectivity index (χ0n) is 11.0. The number of hydrogen-bond donors (Lipinski definition) is 1. The van der Waals surface area contributed by atoms with Crippen molar-refractivity contribution in [1.82, 2.24) is 0 Å². The Bertz CT molecular complexity index is 638. The van der Waals surface area contributed by atoms with Crippen LogP contribution in [0.4, 0.5) is 11.4 Å². The fourth-order valence-electron chi connectivity index (χ4n) is 1.92. The first-order valence-electron chi connectivity index (χ1n) is 6.07. The minimum absolute atomic E-state index is 0.570. The predicted molar refractivity (Wildman–Crippen MR) is 82.6 cm³/mol. The lowest BCUT2D eigenvalue weighted by Gasteiger charge is -2.21. The zero-order valence-corrected chi connectivity index (χ0v) is 11.7. The molecule has 0 bridgehead atoms. The molecule has 0 amide bonds. The van der Waals surface area contributed by atoms with Crippen LogP contribution in [0.25, 0.3) is 6.08 Å². The van der Waals surface area contributed by atoms with Crippen molar-refractivity contribution >= 4 is 35.0 Å². The van der Waals surface area contributed by atoms with Crippen LogP contribution in [0, 0.1) is 0 Å². The lowest BCUT2D eigenvalue weighted by molar-refractivity contribution is -0.131. The molecule has 0 radical (unpaired) electrons. The van der Waals surface area contributed by atoms with Gasteiger partial charge in [-0.15, -0.1) is 0 Å². The third-order valence-corrected chi connectivity index (χ3v) is 3.13. The van der Waals surface area contributed by atoms with E-state index in [-0.39, 0.29) is 0 Å². The average Bonchev–Trinajstić information content (AvgIpc) is 2.45. The van der Waals surface area contributed by atoms with Crippen molar-refractivity contribution in [2.75, 3.05) is 11.9 Å². The average molecular weight is 288 g/mol. The molecular formula is C16H14ClNO2. The monoisotopic (exact) mass is 287 g/mol. The molecule has 0 atom stereocenters. The van der Waals surface area contributed by atoms with Crippen molar-refractivity contribution in [3.63, 3.8) is 0 Å². The van der Waals surface area contributed by atoms with E-state index in [1.54, 1.807) is 18.2 Å². The number of carbonyl (C=O) groups is 1. The molecule has 0 aliphatic carbocycles. The van der Waals surface area contributed by atoms with E-state index in [4.69, 9.17) is 16.7 Å². The fraction of sp³-hybridized carbons (Fsp3) is 0.0625. The standard InChI is InChI=1S/C16H14ClNO2/c1-18(14-5-3-2-4-6-14)15-9-8-13(17)11-12(15)7-10-16(19)20/h2-11H,1H3,(H,19,20)/b10-7+. The maximum absolute atomic E-state index is 10.7. The van der Waals surface area contributed by atoms with Gasteiger partial charge in [-0.2, -0.15) is 0 Å². The van der Waals surface area contributed by atoms with Gasteiger partial charge in [0.05, 0.1) is 0 Å². The molecule has 2 aromatic rings. The third-order valence-electron chi connectivity index (χ3n) is 2.90. The predicted octanol–water partition coefficient (Wildman–Crippen LogP) is 4.21. The molecule has 0 aliphatic rings. The second-order valence-corrected chi connectivity index (χ2v) is 4.71. The Balaban J connectivity index is 2.43. The fourth-order valence-corrected chi connectivity index (χ4v) is 2.10. The van der Waals surface area contributed by atoms with E-state index < -0.39 is 5.97 Å². The van der Waals surface area contributed by atoms with Crippen molar-refractivity contribution in [2.45, 2.75) is 0 Å². The molecule has 0 aliphatic heterocycles. The Morgan fingerprint density at radius 1 is 1.20 bits per heavy atom. The summed E-state index contributed by atoms with van der Waals surface area (Å²) in [5.74, 6) is -0.988. The summed E-state index contributed by atoms with van der Waals surface area (Å²) < 4.78 is 0. The Morgan fingerprint density at radius 2 is 1.90 bits per heavy atom. The number of anilines is 2. The summed E-state index contributed by atoms with van der Waals surface area (Å²) in [5, 5.41) is 9.33. The zero-order chi connectivity index (χ0) is 14.5. The van der Waals surface area contributed by atoms with E-state index in [1.165, 1.54) is 0 Å². The normalized spacial score (nSPS) is 10.7.